The van der Waals surface area contributed by atoms with Crippen LogP contribution >= 0.6 is 23.2 Å². The van der Waals surface area contributed by atoms with Gasteiger partial charge in [0.2, 0.25) is 0 Å². The monoisotopic (exact) mass is 1110 g/mol. The zero-order valence-electron chi connectivity index (χ0n) is 42.6. The van der Waals surface area contributed by atoms with Crippen LogP contribution in [0.25, 0.3) is 0 Å². The van der Waals surface area contributed by atoms with Crippen LogP contribution in [0, 0.1) is 23.7 Å². The van der Waals surface area contributed by atoms with Gasteiger partial charge in [0.15, 0.2) is 10.3 Å². The number of rotatable bonds is 18. The lowest BCUT2D eigenvalue weighted by atomic mass is 9.95. The molecule has 2 fully saturated rings. The normalized spacial score (nSPS) is 18.6. The largest absolute Gasteiger partial charge is 0.486 e. The van der Waals surface area contributed by atoms with Gasteiger partial charge in [-0.25, -0.2) is 16.8 Å². The molecular formula is C50H64Cl2N6O14S2. The highest BCUT2D eigenvalue weighted by molar-refractivity contribution is 7.93. The number of carbonyl (C=O) groups excluding carboxylic acids is 2. The van der Waals surface area contributed by atoms with Crippen molar-refractivity contribution in [3.05, 3.63) is 70.2 Å². The second-order valence-electron chi connectivity index (χ2n) is 21.0. The third-order valence-corrected chi connectivity index (χ3v) is 17.0. The Morgan fingerprint density at radius 3 is 1.28 bits per heavy atom. The predicted molar refractivity (Wildman–Crippen MR) is 273 cm³/mol. The third-order valence-electron chi connectivity index (χ3n) is 12.7. The summed E-state index contributed by atoms with van der Waals surface area (Å²) in [7, 11) is -8.38. The molecule has 0 saturated heterocycles. The summed E-state index contributed by atoms with van der Waals surface area (Å²) >= 11 is 12.4. The van der Waals surface area contributed by atoms with Crippen molar-refractivity contribution >= 4 is 78.5 Å². The molecule has 0 radical (unpaired) electrons. The molecule has 74 heavy (non-hydrogen) atoms. The minimum Gasteiger partial charge on any atom is -0.486 e. The van der Waals surface area contributed by atoms with Gasteiger partial charge in [-0.15, -0.1) is 0 Å². The van der Waals surface area contributed by atoms with E-state index in [1.54, 1.807) is 77.9 Å². The first kappa shape index (κ1) is 56.2. The number of aromatic nitrogens is 4. The number of hydrogen-bond acceptors (Lipinski definition) is 14. The summed E-state index contributed by atoms with van der Waals surface area (Å²) in [4.78, 5) is 48.3. The van der Waals surface area contributed by atoms with Crippen molar-refractivity contribution in [3.63, 3.8) is 0 Å². The van der Waals surface area contributed by atoms with Crippen LogP contribution in [0.3, 0.4) is 0 Å². The van der Waals surface area contributed by atoms with E-state index in [2.05, 4.69) is 10.2 Å². The molecule has 0 unspecified atom stereocenters. The van der Waals surface area contributed by atoms with E-state index in [-0.39, 0.29) is 93.6 Å². The first-order chi connectivity index (χ1) is 34.6. The Labute approximate surface area is 441 Å². The summed E-state index contributed by atoms with van der Waals surface area (Å²) in [6.07, 6.45) is 4.96. The molecule has 404 valence electrons. The number of anilines is 2. The van der Waals surface area contributed by atoms with E-state index < -0.39 is 79.2 Å². The Morgan fingerprint density at radius 1 is 0.649 bits per heavy atom. The van der Waals surface area contributed by atoms with Gasteiger partial charge in [0, 0.05) is 25.5 Å². The number of aliphatic carboxylic acids is 2. The maximum Gasteiger partial charge on any atom is 0.310 e. The zero-order valence-corrected chi connectivity index (χ0v) is 45.8. The number of sulfonamides is 2. The highest BCUT2D eigenvalue weighted by atomic mass is 35.5. The number of aryl methyl sites for hydroxylation is 2. The van der Waals surface area contributed by atoms with Crippen LogP contribution in [0.5, 0.6) is 11.5 Å². The van der Waals surface area contributed by atoms with Crippen molar-refractivity contribution in [3.8, 4) is 11.5 Å². The van der Waals surface area contributed by atoms with E-state index in [0.29, 0.717) is 24.2 Å². The van der Waals surface area contributed by atoms with Crippen LogP contribution in [-0.4, -0.2) is 107 Å². The zero-order chi connectivity index (χ0) is 54.2. The Hall–Kier alpha value is -5.58. The molecule has 24 heteroatoms. The number of hydrogen-bond donors (Lipinski definition) is 2. The van der Waals surface area contributed by atoms with Gasteiger partial charge in [0.1, 0.15) is 44.7 Å². The fourth-order valence-electron chi connectivity index (χ4n) is 8.94. The van der Waals surface area contributed by atoms with E-state index in [9.17, 15) is 46.2 Å². The number of benzene rings is 2. The van der Waals surface area contributed by atoms with Crippen LogP contribution in [-0.2, 0) is 74.6 Å². The van der Waals surface area contributed by atoms with Crippen LogP contribution < -0.4 is 18.1 Å². The van der Waals surface area contributed by atoms with Gasteiger partial charge in [-0.3, -0.25) is 37.2 Å². The maximum atomic E-state index is 13.9. The molecule has 2 saturated carbocycles. The third kappa shape index (κ3) is 13.6. The number of esters is 2. The summed E-state index contributed by atoms with van der Waals surface area (Å²) < 4.78 is 83.7. The standard InChI is InChI=1S/2C25H32ClN3O7S/c2*1-5-28-14-21(23(26)27-28)37(33,34)29-13-17(12-18(24(31)32)16-7-8-16)35-20-9-6-15(10-19(20)29)11-22(30)36-25(2,3)4/h2*6,9-10,14,16-18H,5,7-8,11-13H2,1-4H3,(H,31,32)/t17-,18+;17-,18-/m00/s1. The Balaban J connectivity index is 0.000000216. The van der Waals surface area contributed by atoms with E-state index in [4.69, 9.17) is 42.1 Å². The lowest BCUT2D eigenvalue weighted by molar-refractivity contribution is -0.155. The molecule has 20 nitrogen and oxygen atoms in total. The molecule has 4 aliphatic rings. The summed E-state index contributed by atoms with van der Waals surface area (Å²) in [5, 5.41) is 27.3. The molecule has 2 aliphatic carbocycles. The Morgan fingerprint density at radius 2 is 1.00 bits per heavy atom. The number of carboxylic acids is 2. The second-order valence-corrected chi connectivity index (χ2v) is 25.4. The van der Waals surface area contributed by atoms with Gasteiger partial charge in [-0.2, -0.15) is 10.2 Å². The predicted octanol–water partition coefficient (Wildman–Crippen LogP) is 7.80. The van der Waals surface area contributed by atoms with Crippen molar-refractivity contribution in [2.45, 2.75) is 153 Å². The molecule has 0 bridgehead atoms. The fraction of sp³-hybridized carbons (Fsp3) is 0.560. The average Bonchev–Trinajstić information content (AvgIpc) is 4.24. The molecule has 2 aliphatic heterocycles. The van der Waals surface area contributed by atoms with Crippen molar-refractivity contribution in [2.24, 2.45) is 23.7 Å². The molecule has 4 aromatic rings. The minimum absolute atomic E-state index is 0.0564. The summed E-state index contributed by atoms with van der Waals surface area (Å²) in [6, 6.07) is 9.73. The van der Waals surface area contributed by atoms with Crippen LogP contribution in [0.15, 0.2) is 58.6 Å². The van der Waals surface area contributed by atoms with Gasteiger partial charge >= 0.3 is 23.9 Å². The van der Waals surface area contributed by atoms with Gasteiger partial charge in [-0.05, 0) is 141 Å². The van der Waals surface area contributed by atoms with Crippen LogP contribution in [0.1, 0.15) is 105 Å². The van der Waals surface area contributed by atoms with Crippen molar-refractivity contribution in [1.82, 2.24) is 19.6 Å². The first-order valence-electron chi connectivity index (χ1n) is 24.6. The molecule has 8 rings (SSSR count). The Bertz CT molecular complexity index is 2800. The quantitative estimate of drug-likeness (QED) is 0.0901. The van der Waals surface area contributed by atoms with Gasteiger partial charge < -0.3 is 29.2 Å². The lowest BCUT2D eigenvalue weighted by Gasteiger charge is -2.36. The SMILES string of the molecule is CCn1cc(S(=O)(=O)N2C[C@H](C[C@@H](C(=O)O)C3CC3)Oc3ccc(CC(=O)OC(C)(C)C)cc32)c(Cl)n1.CCn1cc(S(=O)(=O)N2C[C@H](C[C@H](C(=O)O)C3CC3)Oc3ccc(CC(=O)OC(C)(C)C)cc32)c(Cl)n1. The highest BCUT2D eigenvalue weighted by Crippen LogP contribution is 2.45. The maximum absolute atomic E-state index is 13.9. The van der Waals surface area contributed by atoms with Gasteiger partial charge in [0.05, 0.1) is 49.1 Å². The topological polar surface area (TPSA) is 256 Å². The molecule has 2 N–H and O–H groups in total. The lowest BCUT2D eigenvalue weighted by Crippen LogP contribution is -2.45. The fourth-order valence-corrected chi connectivity index (χ4v) is 12.8. The average molecular weight is 1110 g/mol. The molecular weight excluding hydrogens is 1040 g/mol. The van der Waals surface area contributed by atoms with Gasteiger partial charge in [0.25, 0.3) is 20.0 Å². The van der Waals surface area contributed by atoms with Crippen molar-refractivity contribution in [1.29, 1.82) is 0 Å². The minimum atomic E-state index is -4.19. The molecule has 0 spiro atoms. The number of nitrogens with zero attached hydrogens (tertiary/aromatic N) is 6. The number of fused-ring (bicyclic) bond motifs is 2. The Kier molecular flexibility index (Phi) is 16.7. The number of carbonyl (C=O) groups is 4. The first-order valence-corrected chi connectivity index (χ1v) is 28.2. The van der Waals surface area contributed by atoms with Gasteiger partial charge in [-0.1, -0.05) is 35.3 Å². The summed E-state index contributed by atoms with van der Waals surface area (Å²) in [5.74, 6) is -3.24. The molecule has 4 heterocycles. The summed E-state index contributed by atoms with van der Waals surface area (Å²) in [6.45, 7) is 14.9. The van der Waals surface area contributed by atoms with E-state index >= 15 is 0 Å². The van der Waals surface area contributed by atoms with E-state index in [1.807, 2.05) is 13.8 Å². The number of carboxylic acid groups (broad SMARTS) is 2. The smallest absolute Gasteiger partial charge is 0.310 e. The van der Waals surface area contributed by atoms with Crippen LogP contribution in [0.4, 0.5) is 11.4 Å². The van der Waals surface area contributed by atoms with E-state index in [1.165, 1.54) is 30.4 Å². The molecule has 2 aromatic carbocycles. The second kappa shape index (κ2) is 21.9. The molecule has 2 aromatic heterocycles. The van der Waals surface area contributed by atoms with Crippen LogP contribution in [0.2, 0.25) is 10.3 Å². The molecule has 0 amide bonds. The molecule has 4 atom stereocenters. The van der Waals surface area contributed by atoms with E-state index in [0.717, 1.165) is 25.7 Å². The number of halogens is 2. The number of ether oxygens (including phenoxy) is 4. The summed E-state index contributed by atoms with van der Waals surface area (Å²) in [5.41, 5.74) is 0.274. The van der Waals surface area contributed by atoms with Crippen molar-refractivity contribution < 1.29 is 65.2 Å². The van der Waals surface area contributed by atoms with Crippen molar-refractivity contribution in [2.75, 3.05) is 21.7 Å². The highest BCUT2D eigenvalue weighted by Gasteiger charge is 2.44.